The van der Waals surface area contributed by atoms with Gasteiger partial charge in [0.05, 0.1) is 0 Å². The quantitative estimate of drug-likeness (QED) is 0.744. The van der Waals surface area contributed by atoms with E-state index in [4.69, 9.17) is 5.11 Å². The van der Waals surface area contributed by atoms with Crippen molar-refractivity contribution in [2.75, 3.05) is 13.2 Å². The molecule has 0 spiro atoms. The van der Waals surface area contributed by atoms with E-state index in [0.29, 0.717) is 12.0 Å². The van der Waals surface area contributed by atoms with E-state index in [1.165, 1.54) is 18.4 Å². The third kappa shape index (κ3) is 3.05. The van der Waals surface area contributed by atoms with Gasteiger partial charge in [0.15, 0.2) is 0 Å². The summed E-state index contributed by atoms with van der Waals surface area (Å²) < 4.78 is 0. The predicted octanol–water partition coefficient (Wildman–Crippen LogP) is 1.94. The molecular formula is C13H19NO. The van der Waals surface area contributed by atoms with Gasteiger partial charge in [0, 0.05) is 19.7 Å². The fraction of sp³-hybridized carbons (Fsp3) is 0.538. The van der Waals surface area contributed by atoms with Crippen LogP contribution in [0.15, 0.2) is 30.3 Å². The molecule has 2 N–H and O–H groups in total. The molecule has 1 aromatic carbocycles. The Morgan fingerprint density at radius 3 is 2.53 bits per heavy atom. The van der Waals surface area contributed by atoms with Crippen molar-refractivity contribution in [1.29, 1.82) is 0 Å². The van der Waals surface area contributed by atoms with Gasteiger partial charge >= 0.3 is 0 Å². The van der Waals surface area contributed by atoms with Crippen molar-refractivity contribution in [3.63, 3.8) is 0 Å². The Morgan fingerprint density at radius 1 is 1.20 bits per heavy atom. The number of rotatable bonds is 6. The first-order valence-electron chi connectivity index (χ1n) is 5.70. The summed E-state index contributed by atoms with van der Waals surface area (Å²) in [6, 6.07) is 10.4. The Bertz CT molecular complexity index is 293. The van der Waals surface area contributed by atoms with Crippen LogP contribution in [0.5, 0.6) is 0 Å². The van der Waals surface area contributed by atoms with Gasteiger partial charge in [-0.25, -0.2) is 0 Å². The van der Waals surface area contributed by atoms with Crippen LogP contribution in [0.1, 0.15) is 24.8 Å². The molecule has 2 rings (SSSR count). The number of hydrogen-bond acceptors (Lipinski definition) is 2. The highest BCUT2D eigenvalue weighted by Gasteiger charge is 2.41. The van der Waals surface area contributed by atoms with Crippen molar-refractivity contribution in [2.24, 2.45) is 5.41 Å². The van der Waals surface area contributed by atoms with Crippen LogP contribution in [0, 0.1) is 5.41 Å². The lowest BCUT2D eigenvalue weighted by Crippen LogP contribution is -2.24. The SMILES string of the molecule is OCCC1(CNCc2ccccc2)CC1. The maximum atomic E-state index is 8.93. The molecule has 15 heavy (non-hydrogen) atoms. The molecule has 0 heterocycles. The van der Waals surface area contributed by atoms with Crippen molar-refractivity contribution >= 4 is 0 Å². The first kappa shape index (κ1) is 10.7. The van der Waals surface area contributed by atoms with E-state index in [2.05, 4.69) is 29.6 Å². The van der Waals surface area contributed by atoms with E-state index in [1.54, 1.807) is 0 Å². The Kier molecular flexibility index (Phi) is 3.39. The molecule has 0 bridgehead atoms. The van der Waals surface area contributed by atoms with Crippen LogP contribution in [-0.4, -0.2) is 18.3 Å². The van der Waals surface area contributed by atoms with E-state index < -0.39 is 0 Å². The minimum absolute atomic E-state index is 0.326. The van der Waals surface area contributed by atoms with Gasteiger partial charge in [0.25, 0.3) is 0 Å². The number of aliphatic hydroxyl groups is 1. The minimum atomic E-state index is 0.326. The molecule has 2 nitrogen and oxygen atoms in total. The lowest BCUT2D eigenvalue weighted by atomic mass is 10.0. The molecule has 0 radical (unpaired) electrons. The summed E-state index contributed by atoms with van der Waals surface area (Å²) in [7, 11) is 0. The highest BCUT2D eigenvalue weighted by molar-refractivity contribution is 5.14. The zero-order valence-electron chi connectivity index (χ0n) is 9.08. The third-order valence-electron chi connectivity index (χ3n) is 3.27. The van der Waals surface area contributed by atoms with E-state index in [0.717, 1.165) is 19.5 Å². The first-order valence-corrected chi connectivity index (χ1v) is 5.70. The second-order valence-electron chi connectivity index (χ2n) is 4.56. The molecule has 1 fully saturated rings. The largest absolute Gasteiger partial charge is 0.396 e. The van der Waals surface area contributed by atoms with Crippen molar-refractivity contribution in [3.05, 3.63) is 35.9 Å². The van der Waals surface area contributed by atoms with Crippen LogP contribution in [0.2, 0.25) is 0 Å². The van der Waals surface area contributed by atoms with Crippen molar-refractivity contribution in [3.8, 4) is 0 Å². The predicted molar refractivity (Wildman–Crippen MR) is 61.5 cm³/mol. The van der Waals surface area contributed by atoms with E-state index in [1.807, 2.05) is 6.07 Å². The van der Waals surface area contributed by atoms with Crippen LogP contribution < -0.4 is 5.32 Å². The van der Waals surface area contributed by atoms with Crippen molar-refractivity contribution < 1.29 is 5.11 Å². The monoisotopic (exact) mass is 205 g/mol. The lowest BCUT2D eigenvalue weighted by molar-refractivity contribution is 0.245. The van der Waals surface area contributed by atoms with E-state index >= 15 is 0 Å². The van der Waals surface area contributed by atoms with Crippen LogP contribution >= 0.6 is 0 Å². The smallest absolute Gasteiger partial charge is 0.0436 e. The molecule has 82 valence electrons. The molecule has 1 aromatic rings. The lowest BCUT2D eigenvalue weighted by Gasteiger charge is -2.14. The van der Waals surface area contributed by atoms with Gasteiger partial charge in [0.2, 0.25) is 0 Å². The third-order valence-corrected chi connectivity index (χ3v) is 3.27. The summed E-state index contributed by atoms with van der Waals surface area (Å²) in [4.78, 5) is 0. The van der Waals surface area contributed by atoms with E-state index in [9.17, 15) is 0 Å². The van der Waals surface area contributed by atoms with Gasteiger partial charge in [-0.1, -0.05) is 30.3 Å². The topological polar surface area (TPSA) is 32.3 Å². The molecule has 1 aliphatic rings. The molecular weight excluding hydrogens is 186 g/mol. The van der Waals surface area contributed by atoms with Crippen molar-refractivity contribution in [2.45, 2.75) is 25.8 Å². The molecule has 0 atom stereocenters. The standard InChI is InChI=1S/C13H19NO/c15-9-8-13(6-7-13)11-14-10-12-4-2-1-3-5-12/h1-5,14-15H,6-11H2. The normalized spacial score (nSPS) is 17.7. The van der Waals surface area contributed by atoms with Crippen LogP contribution in [0.3, 0.4) is 0 Å². The molecule has 0 aromatic heterocycles. The van der Waals surface area contributed by atoms with Gasteiger partial charge in [-0.15, -0.1) is 0 Å². The van der Waals surface area contributed by atoms with Gasteiger partial charge in [-0.2, -0.15) is 0 Å². The maximum absolute atomic E-state index is 8.93. The van der Waals surface area contributed by atoms with Crippen LogP contribution in [-0.2, 0) is 6.54 Å². The summed E-state index contributed by atoms with van der Waals surface area (Å²) in [5, 5.41) is 12.4. The minimum Gasteiger partial charge on any atom is -0.396 e. The molecule has 0 unspecified atom stereocenters. The number of aliphatic hydroxyl groups excluding tert-OH is 1. The molecule has 1 aliphatic carbocycles. The number of benzene rings is 1. The van der Waals surface area contributed by atoms with Gasteiger partial charge in [-0.3, -0.25) is 0 Å². The fourth-order valence-corrected chi connectivity index (χ4v) is 2.00. The zero-order valence-corrected chi connectivity index (χ0v) is 9.08. The summed E-state index contributed by atoms with van der Waals surface area (Å²) >= 11 is 0. The molecule has 0 aliphatic heterocycles. The average molecular weight is 205 g/mol. The second-order valence-corrected chi connectivity index (χ2v) is 4.56. The summed E-state index contributed by atoms with van der Waals surface area (Å²) in [5.74, 6) is 0. The molecule has 0 amide bonds. The Balaban J connectivity index is 1.71. The highest BCUT2D eigenvalue weighted by atomic mass is 16.3. The average Bonchev–Trinajstić information content (AvgIpc) is 3.00. The number of hydrogen-bond donors (Lipinski definition) is 2. The molecule has 2 heteroatoms. The van der Waals surface area contributed by atoms with Crippen LogP contribution in [0.4, 0.5) is 0 Å². The van der Waals surface area contributed by atoms with E-state index in [-0.39, 0.29) is 0 Å². The Hall–Kier alpha value is -0.860. The highest BCUT2D eigenvalue weighted by Crippen LogP contribution is 2.47. The van der Waals surface area contributed by atoms with Crippen molar-refractivity contribution in [1.82, 2.24) is 5.32 Å². The summed E-state index contributed by atoms with van der Waals surface area (Å²) in [6.07, 6.45) is 3.50. The molecule has 1 saturated carbocycles. The maximum Gasteiger partial charge on any atom is 0.0436 e. The number of nitrogens with one attached hydrogen (secondary N) is 1. The Labute approximate surface area is 91.3 Å². The first-order chi connectivity index (χ1) is 7.35. The van der Waals surface area contributed by atoms with Gasteiger partial charge < -0.3 is 10.4 Å². The van der Waals surface area contributed by atoms with Gasteiger partial charge in [-0.05, 0) is 30.2 Å². The molecule has 0 saturated heterocycles. The van der Waals surface area contributed by atoms with Gasteiger partial charge in [0.1, 0.15) is 0 Å². The second kappa shape index (κ2) is 4.77. The fourth-order valence-electron chi connectivity index (χ4n) is 2.00. The zero-order chi connectivity index (χ0) is 10.6. The Morgan fingerprint density at radius 2 is 1.93 bits per heavy atom. The van der Waals surface area contributed by atoms with Crippen LogP contribution in [0.25, 0.3) is 0 Å². The summed E-state index contributed by atoms with van der Waals surface area (Å²) in [5.41, 5.74) is 1.75. The summed E-state index contributed by atoms with van der Waals surface area (Å²) in [6.45, 7) is 2.31.